The van der Waals surface area contributed by atoms with Gasteiger partial charge in [-0.1, -0.05) is 24.3 Å². The van der Waals surface area contributed by atoms with Crippen LogP contribution in [0.3, 0.4) is 0 Å². The summed E-state index contributed by atoms with van der Waals surface area (Å²) in [7, 11) is 3.21. The third-order valence-electron chi connectivity index (χ3n) is 5.18. The summed E-state index contributed by atoms with van der Waals surface area (Å²) >= 11 is 0. The highest BCUT2D eigenvalue weighted by molar-refractivity contribution is 5.98. The molecule has 1 saturated heterocycles. The van der Waals surface area contributed by atoms with E-state index in [2.05, 4.69) is 0 Å². The minimum absolute atomic E-state index is 0.103. The number of ether oxygens (including phenoxy) is 4. The lowest BCUT2D eigenvalue weighted by Crippen LogP contribution is -2.50. The smallest absolute Gasteiger partial charge is 0.257 e. The molecular formula is C24H30N2O6. The van der Waals surface area contributed by atoms with Crippen molar-refractivity contribution >= 4 is 11.8 Å². The van der Waals surface area contributed by atoms with E-state index in [4.69, 9.17) is 18.9 Å². The van der Waals surface area contributed by atoms with Crippen LogP contribution in [0, 0.1) is 0 Å². The second-order valence-electron chi connectivity index (χ2n) is 7.26. The van der Waals surface area contributed by atoms with Crippen LogP contribution < -0.4 is 9.47 Å². The van der Waals surface area contributed by atoms with Crippen molar-refractivity contribution in [2.75, 3.05) is 66.8 Å². The Hall–Kier alpha value is -3.10. The van der Waals surface area contributed by atoms with Crippen LogP contribution in [0.5, 0.6) is 11.5 Å². The van der Waals surface area contributed by atoms with Gasteiger partial charge in [0.15, 0.2) is 0 Å². The molecular weight excluding hydrogens is 412 g/mol. The van der Waals surface area contributed by atoms with Gasteiger partial charge < -0.3 is 28.7 Å². The number of nitrogens with zero attached hydrogens (tertiary/aromatic N) is 2. The highest BCUT2D eigenvalue weighted by atomic mass is 16.5. The van der Waals surface area contributed by atoms with Gasteiger partial charge in [-0.25, -0.2) is 0 Å². The highest BCUT2D eigenvalue weighted by Crippen LogP contribution is 2.23. The van der Waals surface area contributed by atoms with Crippen LogP contribution >= 0.6 is 0 Å². The molecule has 0 aromatic heterocycles. The van der Waals surface area contributed by atoms with Crippen LogP contribution in [0.4, 0.5) is 0 Å². The Morgan fingerprint density at radius 1 is 0.656 bits per heavy atom. The van der Waals surface area contributed by atoms with Gasteiger partial charge in [-0.3, -0.25) is 9.59 Å². The van der Waals surface area contributed by atoms with Gasteiger partial charge in [-0.15, -0.1) is 0 Å². The number of piperazine rings is 1. The lowest BCUT2D eigenvalue weighted by atomic mass is 10.1. The summed E-state index contributed by atoms with van der Waals surface area (Å²) in [4.78, 5) is 29.7. The number of para-hydroxylation sites is 2. The van der Waals surface area contributed by atoms with Crippen molar-refractivity contribution < 1.29 is 28.5 Å². The number of rotatable bonds is 10. The molecule has 0 saturated carbocycles. The van der Waals surface area contributed by atoms with Crippen LogP contribution in [-0.4, -0.2) is 88.4 Å². The van der Waals surface area contributed by atoms with Crippen LogP contribution in [0.1, 0.15) is 20.7 Å². The Morgan fingerprint density at radius 3 is 1.41 bits per heavy atom. The van der Waals surface area contributed by atoms with Gasteiger partial charge in [0, 0.05) is 40.4 Å². The van der Waals surface area contributed by atoms with Gasteiger partial charge in [0.05, 0.1) is 24.3 Å². The molecule has 2 aromatic rings. The molecule has 32 heavy (non-hydrogen) atoms. The van der Waals surface area contributed by atoms with E-state index in [0.717, 1.165) is 0 Å². The third kappa shape index (κ3) is 5.99. The Kier molecular flexibility index (Phi) is 8.89. The molecule has 1 aliphatic heterocycles. The zero-order valence-corrected chi connectivity index (χ0v) is 18.6. The predicted molar refractivity (Wildman–Crippen MR) is 119 cm³/mol. The second-order valence-corrected chi connectivity index (χ2v) is 7.26. The standard InChI is InChI=1S/C24H30N2O6/c1-29-15-17-31-21-9-5-3-7-19(21)23(27)25-11-13-26(14-12-25)24(28)20-8-4-6-10-22(20)32-18-16-30-2/h3-10H,11-18H2,1-2H3. The van der Waals surface area contributed by atoms with E-state index >= 15 is 0 Å². The largest absolute Gasteiger partial charge is 0.490 e. The number of hydrogen-bond acceptors (Lipinski definition) is 6. The molecule has 0 radical (unpaired) electrons. The molecule has 0 N–H and O–H groups in total. The van der Waals surface area contributed by atoms with Crippen molar-refractivity contribution in [3.8, 4) is 11.5 Å². The number of carbonyl (C=O) groups is 2. The Bertz CT molecular complexity index is 822. The minimum Gasteiger partial charge on any atom is -0.490 e. The van der Waals surface area contributed by atoms with Gasteiger partial charge in [0.1, 0.15) is 24.7 Å². The van der Waals surface area contributed by atoms with Crippen LogP contribution in [0.2, 0.25) is 0 Å². The minimum atomic E-state index is -0.103. The first kappa shape index (κ1) is 23.6. The van der Waals surface area contributed by atoms with Crippen molar-refractivity contribution in [3.63, 3.8) is 0 Å². The van der Waals surface area contributed by atoms with E-state index < -0.39 is 0 Å². The number of amides is 2. The molecule has 3 rings (SSSR count). The van der Waals surface area contributed by atoms with Gasteiger partial charge in [-0.05, 0) is 24.3 Å². The van der Waals surface area contributed by atoms with Crippen molar-refractivity contribution in [2.24, 2.45) is 0 Å². The maximum Gasteiger partial charge on any atom is 0.257 e. The fourth-order valence-corrected chi connectivity index (χ4v) is 3.46. The van der Waals surface area contributed by atoms with Gasteiger partial charge in [0.2, 0.25) is 0 Å². The van der Waals surface area contributed by atoms with Crippen molar-refractivity contribution in [1.82, 2.24) is 9.80 Å². The summed E-state index contributed by atoms with van der Waals surface area (Å²) in [6, 6.07) is 14.4. The molecule has 1 fully saturated rings. The summed E-state index contributed by atoms with van der Waals surface area (Å²) in [5, 5.41) is 0. The molecule has 172 valence electrons. The zero-order valence-electron chi connectivity index (χ0n) is 18.6. The summed E-state index contributed by atoms with van der Waals surface area (Å²) in [6.45, 7) is 3.42. The summed E-state index contributed by atoms with van der Waals surface area (Å²) in [5.41, 5.74) is 1.03. The van der Waals surface area contributed by atoms with Crippen LogP contribution in [0.15, 0.2) is 48.5 Å². The summed E-state index contributed by atoms with van der Waals surface area (Å²) < 4.78 is 21.4. The average molecular weight is 443 g/mol. The first-order chi connectivity index (χ1) is 15.7. The monoisotopic (exact) mass is 442 g/mol. The SMILES string of the molecule is COCCOc1ccccc1C(=O)N1CCN(C(=O)c2ccccc2OCCOC)CC1. The van der Waals surface area contributed by atoms with Crippen molar-refractivity contribution in [2.45, 2.75) is 0 Å². The van der Waals surface area contributed by atoms with Gasteiger partial charge in [-0.2, -0.15) is 0 Å². The number of hydrogen-bond donors (Lipinski definition) is 0. The number of benzene rings is 2. The third-order valence-corrected chi connectivity index (χ3v) is 5.18. The van der Waals surface area contributed by atoms with Crippen molar-refractivity contribution in [3.05, 3.63) is 59.7 Å². The molecule has 1 heterocycles. The van der Waals surface area contributed by atoms with E-state index in [9.17, 15) is 9.59 Å². The zero-order chi connectivity index (χ0) is 22.8. The quantitative estimate of drug-likeness (QED) is 0.526. The normalized spacial score (nSPS) is 13.7. The Labute approximate surface area is 188 Å². The number of carbonyl (C=O) groups excluding carboxylic acids is 2. The molecule has 2 aromatic carbocycles. The lowest BCUT2D eigenvalue weighted by molar-refractivity contribution is 0.0529. The van der Waals surface area contributed by atoms with Gasteiger partial charge >= 0.3 is 0 Å². The molecule has 2 amide bonds. The van der Waals surface area contributed by atoms with E-state index in [0.29, 0.717) is 75.2 Å². The first-order valence-corrected chi connectivity index (χ1v) is 10.7. The maximum absolute atomic E-state index is 13.1. The second kappa shape index (κ2) is 12.1. The fourth-order valence-electron chi connectivity index (χ4n) is 3.46. The highest BCUT2D eigenvalue weighted by Gasteiger charge is 2.28. The van der Waals surface area contributed by atoms with Crippen molar-refractivity contribution in [1.29, 1.82) is 0 Å². The van der Waals surface area contributed by atoms with E-state index in [1.165, 1.54) is 0 Å². The maximum atomic E-state index is 13.1. The Balaban J connectivity index is 1.61. The topological polar surface area (TPSA) is 77.5 Å². The Morgan fingerprint density at radius 2 is 1.03 bits per heavy atom. The van der Waals surface area contributed by atoms with E-state index in [1.54, 1.807) is 48.3 Å². The molecule has 0 unspecified atom stereocenters. The van der Waals surface area contributed by atoms with E-state index in [1.807, 2.05) is 24.3 Å². The average Bonchev–Trinajstić information content (AvgIpc) is 2.84. The molecule has 1 aliphatic rings. The van der Waals surface area contributed by atoms with Crippen LogP contribution in [0.25, 0.3) is 0 Å². The molecule has 8 nitrogen and oxygen atoms in total. The molecule has 0 aliphatic carbocycles. The van der Waals surface area contributed by atoms with Crippen LogP contribution in [-0.2, 0) is 9.47 Å². The summed E-state index contributed by atoms with van der Waals surface area (Å²) in [6.07, 6.45) is 0. The molecule has 0 bridgehead atoms. The fraction of sp³-hybridized carbons (Fsp3) is 0.417. The van der Waals surface area contributed by atoms with Gasteiger partial charge in [0.25, 0.3) is 11.8 Å². The number of methoxy groups -OCH3 is 2. The summed E-state index contributed by atoms with van der Waals surface area (Å²) in [5.74, 6) is 0.868. The predicted octanol–water partition coefficient (Wildman–Crippen LogP) is 2.34. The molecule has 0 spiro atoms. The lowest BCUT2D eigenvalue weighted by Gasteiger charge is -2.35. The molecule has 0 atom stereocenters. The van der Waals surface area contributed by atoms with E-state index in [-0.39, 0.29) is 11.8 Å². The first-order valence-electron chi connectivity index (χ1n) is 10.7. The molecule has 8 heteroatoms.